The molecule has 4 heteroatoms. The summed E-state index contributed by atoms with van der Waals surface area (Å²) < 4.78 is 0. The number of hydrogen-bond donors (Lipinski definition) is 2. The number of anilines is 1. The fraction of sp³-hybridized carbons (Fsp3) is 0.667. The number of nitrogens with one attached hydrogen (secondary N) is 2. The van der Waals surface area contributed by atoms with Gasteiger partial charge in [0.25, 0.3) is 0 Å². The Bertz CT molecular complexity index is 371. The van der Waals surface area contributed by atoms with Crippen LogP contribution >= 0.6 is 0 Å². The molecule has 16 heavy (non-hydrogen) atoms. The van der Waals surface area contributed by atoms with Crippen molar-refractivity contribution in [2.24, 2.45) is 0 Å². The number of rotatable bonds is 2. The molecule has 0 spiro atoms. The maximum Gasteiger partial charge on any atom is 0.149 e. The summed E-state index contributed by atoms with van der Waals surface area (Å²) in [6.07, 6.45) is 6.01. The predicted octanol–water partition coefficient (Wildman–Crippen LogP) is 1.13. The Morgan fingerprint density at radius 1 is 1.25 bits per heavy atom. The van der Waals surface area contributed by atoms with Gasteiger partial charge in [-0.1, -0.05) is 0 Å². The Kier molecular flexibility index (Phi) is 2.74. The molecule has 0 amide bonds. The van der Waals surface area contributed by atoms with E-state index in [0.717, 1.165) is 25.3 Å². The highest BCUT2D eigenvalue weighted by atomic mass is 15.2. The van der Waals surface area contributed by atoms with Crippen LogP contribution < -0.4 is 10.6 Å². The predicted molar refractivity (Wildman–Crippen MR) is 63.6 cm³/mol. The lowest BCUT2D eigenvalue weighted by Gasteiger charge is -2.16. The van der Waals surface area contributed by atoms with E-state index in [1.807, 2.05) is 0 Å². The van der Waals surface area contributed by atoms with Crippen LogP contribution in [0.15, 0.2) is 6.07 Å². The van der Waals surface area contributed by atoms with Gasteiger partial charge in [0.2, 0.25) is 0 Å². The van der Waals surface area contributed by atoms with Crippen molar-refractivity contribution in [2.45, 2.75) is 38.1 Å². The molecule has 3 rings (SSSR count). The van der Waals surface area contributed by atoms with Crippen LogP contribution in [0.4, 0.5) is 5.82 Å². The summed E-state index contributed by atoms with van der Waals surface area (Å²) in [6.45, 7) is 2.15. The van der Waals surface area contributed by atoms with Crippen molar-refractivity contribution in [3.05, 3.63) is 17.3 Å². The minimum atomic E-state index is 0.524. The van der Waals surface area contributed by atoms with Crippen molar-refractivity contribution in [3.8, 4) is 0 Å². The normalized spacial score (nSPS) is 24.1. The summed E-state index contributed by atoms with van der Waals surface area (Å²) in [5, 5.41) is 15.4. The molecule has 1 fully saturated rings. The maximum atomic E-state index is 4.33. The van der Waals surface area contributed by atoms with Gasteiger partial charge in [-0.15, -0.1) is 5.10 Å². The molecule has 0 radical (unpaired) electrons. The van der Waals surface area contributed by atoms with E-state index in [2.05, 4.69) is 26.9 Å². The van der Waals surface area contributed by atoms with Gasteiger partial charge in [0, 0.05) is 12.6 Å². The van der Waals surface area contributed by atoms with Gasteiger partial charge in [-0.05, 0) is 50.3 Å². The van der Waals surface area contributed by atoms with E-state index in [1.54, 1.807) is 0 Å². The first-order valence-electron chi connectivity index (χ1n) is 6.24. The molecule has 2 heterocycles. The van der Waals surface area contributed by atoms with Gasteiger partial charge >= 0.3 is 0 Å². The summed E-state index contributed by atoms with van der Waals surface area (Å²) in [6, 6.07) is 2.72. The van der Waals surface area contributed by atoms with Crippen LogP contribution in [0.25, 0.3) is 0 Å². The molecule has 0 aromatic carbocycles. The van der Waals surface area contributed by atoms with E-state index in [0.29, 0.717) is 6.04 Å². The second-order valence-electron chi connectivity index (χ2n) is 4.74. The highest BCUT2D eigenvalue weighted by molar-refractivity contribution is 5.40. The van der Waals surface area contributed by atoms with E-state index in [4.69, 9.17) is 0 Å². The summed E-state index contributed by atoms with van der Waals surface area (Å²) in [5.41, 5.74) is 2.61. The second-order valence-corrected chi connectivity index (χ2v) is 4.74. The molecular formula is C12H18N4. The molecule has 2 aliphatic rings. The zero-order valence-corrected chi connectivity index (χ0v) is 9.50. The molecule has 1 aromatic heterocycles. The van der Waals surface area contributed by atoms with Gasteiger partial charge in [0.05, 0.1) is 5.69 Å². The van der Waals surface area contributed by atoms with E-state index in [9.17, 15) is 0 Å². The van der Waals surface area contributed by atoms with Crippen molar-refractivity contribution >= 4 is 5.82 Å². The van der Waals surface area contributed by atoms with Gasteiger partial charge < -0.3 is 10.6 Å². The van der Waals surface area contributed by atoms with Crippen LogP contribution in [0.1, 0.15) is 30.5 Å². The average Bonchev–Trinajstić information content (AvgIpc) is 2.82. The van der Waals surface area contributed by atoms with Crippen LogP contribution in [0.2, 0.25) is 0 Å². The number of aryl methyl sites for hydroxylation is 2. The fourth-order valence-corrected chi connectivity index (χ4v) is 2.55. The lowest BCUT2D eigenvalue weighted by atomic mass is 9.97. The fourth-order valence-electron chi connectivity index (χ4n) is 2.55. The van der Waals surface area contributed by atoms with E-state index in [-0.39, 0.29) is 0 Å². The molecule has 1 saturated heterocycles. The van der Waals surface area contributed by atoms with Crippen LogP contribution in [-0.4, -0.2) is 29.3 Å². The van der Waals surface area contributed by atoms with Crippen molar-refractivity contribution < 1.29 is 0 Å². The third-order valence-electron chi connectivity index (χ3n) is 3.48. The summed E-state index contributed by atoms with van der Waals surface area (Å²) in [7, 11) is 0. The van der Waals surface area contributed by atoms with Gasteiger partial charge in [-0.25, -0.2) is 0 Å². The maximum absolute atomic E-state index is 4.33. The van der Waals surface area contributed by atoms with Crippen molar-refractivity contribution in [1.82, 2.24) is 15.5 Å². The zero-order chi connectivity index (χ0) is 10.8. The van der Waals surface area contributed by atoms with E-state index >= 15 is 0 Å². The first-order valence-corrected chi connectivity index (χ1v) is 6.24. The second kappa shape index (κ2) is 4.37. The standard InChI is InChI=1S/C12H18N4/c1-2-4-11-9(3-1)7-12(16-15-11)14-10-5-6-13-8-10/h7,10,13H,1-6,8H2,(H,14,16). The van der Waals surface area contributed by atoms with Crippen LogP contribution in [-0.2, 0) is 12.8 Å². The largest absolute Gasteiger partial charge is 0.365 e. The third-order valence-corrected chi connectivity index (χ3v) is 3.48. The van der Waals surface area contributed by atoms with E-state index < -0.39 is 0 Å². The van der Waals surface area contributed by atoms with Gasteiger partial charge in [0.15, 0.2) is 0 Å². The SMILES string of the molecule is c1c(NC2CCNC2)nnc2c1CCCC2. The third kappa shape index (κ3) is 2.02. The minimum absolute atomic E-state index is 0.524. The molecule has 0 bridgehead atoms. The van der Waals surface area contributed by atoms with Gasteiger partial charge in [-0.3, -0.25) is 0 Å². The van der Waals surface area contributed by atoms with Gasteiger partial charge in [0.1, 0.15) is 5.82 Å². The lowest BCUT2D eigenvalue weighted by Crippen LogP contribution is -2.23. The molecule has 1 aliphatic heterocycles. The molecule has 1 aliphatic carbocycles. The molecular weight excluding hydrogens is 200 g/mol. The Morgan fingerprint density at radius 3 is 3.06 bits per heavy atom. The first kappa shape index (κ1) is 10.0. The number of fused-ring (bicyclic) bond motifs is 1. The molecule has 0 saturated carbocycles. The smallest absolute Gasteiger partial charge is 0.149 e. The first-order chi connectivity index (χ1) is 7.92. The Labute approximate surface area is 95.8 Å². The van der Waals surface area contributed by atoms with Crippen molar-refractivity contribution in [1.29, 1.82) is 0 Å². The molecule has 1 atom stereocenters. The highest BCUT2D eigenvalue weighted by Gasteiger charge is 2.16. The van der Waals surface area contributed by atoms with Crippen molar-refractivity contribution in [2.75, 3.05) is 18.4 Å². The molecule has 86 valence electrons. The summed E-state index contributed by atoms with van der Waals surface area (Å²) in [5.74, 6) is 0.953. The molecule has 1 aromatic rings. The average molecular weight is 218 g/mol. The Hall–Kier alpha value is -1.16. The quantitative estimate of drug-likeness (QED) is 0.781. The van der Waals surface area contributed by atoms with Crippen LogP contribution in [0, 0.1) is 0 Å². The Balaban J connectivity index is 1.74. The van der Waals surface area contributed by atoms with Gasteiger partial charge in [-0.2, -0.15) is 5.10 Å². The number of hydrogen-bond acceptors (Lipinski definition) is 4. The lowest BCUT2D eigenvalue weighted by molar-refractivity contribution is 0.653. The number of aromatic nitrogens is 2. The molecule has 1 unspecified atom stereocenters. The molecule has 4 nitrogen and oxygen atoms in total. The minimum Gasteiger partial charge on any atom is -0.365 e. The zero-order valence-electron chi connectivity index (χ0n) is 9.50. The van der Waals surface area contributed by atoms with Crippen LogP contribution in [0.5, 0.6) is 0 Å². The Morgan fingerprint density at radius 2 is 2.19 bits per heavy atom. The van der Waals surface area contributed by atoms with Crippen LogP contribution in [0.3, 0.4) is 0 Å². The number of nitrogens with zero attached hydrogens (tertiary/aromatic N) is 2. The monoisotopic (exact) mass is 218 g/mol. The topological polar surface area (TPSA) is 49.8 Å². The highest BCUT2D eigenvalue weighted by Crippen LogP contribution is 2.21. The molecule has 2 N–H and O–H groups in total. The summed E-state index contributed by atoms with van der Waals surface area (Å²) in [4.78, 5) is 0. The van der Waals surface area contributed by atoms with Crippen molar-refractivity contribution in [3.63, 3.8) is 0 Å². The summed E-state index contributed by atoms with van der Waals surface area (Å²) >= 11 is 0. The van der Waals surface area contributed by atoms with E-state index in [1.165, 1.54) is 36.9 Å².